The van der Waals surface area contributed by atoms with Crippen LogP contribution in [-0.2, 0) is 14.3 Å². The first kappa shape index (κ1) is 18.3. The van der Waals surface area contributed by atoms with Gasteiger partial charge in [0.25, 0.3) is 0 Å². The fraction of sp³-hybridized carbons (Fsp3) is 0.952. The Hall–Kier alpha value is -0.690. The summed E-state index contributed by atoms with van der Waals surface area (Å²) in [5, 5.41) is 9.11. The fourth-order valence-electron chi connectivity index (χ4n) is 6.78. The number of aliphatic hydroxyl groups is 1. The number of esters is 1. The number of nitrogens with zero attached hydrogens (tertiary/aromatic N) is 2. The third kappa shape index (κ3) is 3.13. The molecule has 0 aromatic rings. The molecule has 1 N–H and O–H groups in total. The van der Waals surface area contributed by atoms with Crippen LogP contribution in [0.15, 0.2) is 0 Å². The number of rotatable bonds is 4. The SMILES string of the molecule is C[C@]12CCC[C@]3(CO3)[C@H]1C[C@@H]1[C@H](CN3CCN(CCO)CC3)C(=O)O[C@@H]1C2. The maximum atomic E-state index is 12.7. The number of piperazine rings is 1. The minimum Gasteiger partial charge on any atom is -0.462 e. The molecule has 6 atom stereocenters. The van der Waals surface area contributed by atoms with Crippen molar-refractivity contribution in [3.63, 3.8) is 0 Å². The predicted octanol–water partition coefficient (Wildman–Crippen LogP) is 1.12. The average molecular weight is 379 g/mol. The van der Waals surface area contributed by atoms with Crippen molar-refractivity contribution in [2.24, 2.45) is 23.2 Å². The highest BCUT2D eigenvalue weighted by molar-refractivity contribution is 5.75. The second kappa shape index (κ2) is 6.68. The maximum Gasteiger partial charge on any atom is 0.310 e. The van der Waals surface area contributed by atoms with Gasteiger partial charge in [0, 0.05) is 45.2 Å². The molecule has 5 aliphatic rings. The van der Waals surface area contributed by atoms with Crippen LogP contribution >= 0.6 is 0 Å². The second-order valence-corrected chi connectivity index (χ2v) is 9.96. The molecule has 152 valence electrons. The van der Waals surface area contributed by atoms with Crippen LogP contribution in [-0.4, -0.2) is 85.1 Å². The molecule has 0 aromatic heterocycles. The fourth-order valence-corrected chi connectivity index (χ4v) is 6.78. The summed E-state index contributed by atoms with van der Waals surface area (Å²) in [5.41, 5.74) is 0.408. The Morgan fingerprint density at radius 3 is 2.63 bits per heavy atom. The quantitative estimate of drug-likeness (QED) is 0.584. The van der Waals surface area contributed by atoms with E-state index in [2.05, 4.69) is 16.7 Å². The first-order valence-corrected chi connectivity index (χ1v) is 10.9. The van der Waals surface area contributed by atoms with Crippen molar-refractivity contribution in [1.82, 2.24) is 9.80 Å². The van der Waals surface area contributed by atoms with Gasteiger partial charge in [-0.1, -0.05) is 6.92 Å². The molecule has 0 radical (unpaired) electrons. The lowest BCUT2D eigenvalue weighted by Gasteiger charge is -2.51. The summed E-state index contributed by atoms with van der Waals surface area (Å²) in [6.45, 7) is 9.08. The number of hydrogen-bond acceptors (Lipinski definition) is 6. The molecule has 0 aromatic carbocycles. The number of hydrogen-bond donors (Lipinski definition) is 1. The normalized spacial score (nSPS) is 47.6. The molecule has 3 saturated heterocycles. The van der Waals surface area contributed by atoms with Gasteiger partial charge in [-0.3, -0.25) is 14.6 Å². The topological polar surface area (TPSA) is 65.5 Å². The largest absolute Gasteiger partial charge is 0.462 e. The molecule has 5 fully saturated rings. The van der Waals surface area contributed by atoms with Crippen molar-refractivity contribution in [1.29, 1.82) is 0 Å². The van der Waals surface area contributed by atoms with Gasteiger partial charge in [0.15, 0.2) is 0 Å². The molecule has 0 amide bonds. The summed E-state index contributed by atoms with van der Waals surface area (Å²) in [7, 11) is 0. The van der Waals surface area contributed by atoms with Crippen molar-refractivity contribution in [3.8, 4) is 0 Å². The Labute approximate surface area is 162 Å². The van der Waals surface area contributed by atoms with Gasteiger partial charge < -0.3 is 14.6 Å². The summed E-state index contributed by atoms with van der Waals surface area (Å²) in [4.78, 5) is 17.5. The first-order valence-electron chi connectivity index (χ1n) is 10.9. The van der Waals surface area contributed by atoms with Crippen molar-refractivity contribution in [3.05, 3.63) is 0 Å². The van der Waals surface area contributed by atoms with Gasteiger partial charge in [0.1, 0.15) is 6.10 Å². The van der Waals surface area contributed by atoms with Crippen LogP contribution in [0.2, 0.25) is 0 Å². The average Bonchev–Trinajstić information content (AvgIpc) is 3.34. The Kier molecular flexibility index (Phi) is 4.54. The predicted molar refractivity (Wildman–Crippen MR) is 100 cm³/mol. The van der Waals surface area contributed by atoms with E-state index in [1.807, 2.05) is 0 Å². The molecular weight excluding hydrogens is 344 g/mol. The number of β-amino-alcohol motifs (C(OH)–C–C–N with tert-alkyl or cyclic N) is 1. The molecule has 3 heterocycles. The zero-order valence-corrected chi connectivity index (χ0v) is 16.6. The van der Waals surface area contributed by atoms with Crippen LogP contribution in [0.5, 0.6) is 0 Å². The third-order valence-corrected chi connectivity index (χ3v) is 8.42. The number of ether oxygens (including phenoxy) is 2. The van der Waals surface area contributed by atoms with Gasteiger partial charge in [-0.15, -0.1) is 0 Å². The number of fused-ring (bicyclic) bond motifs is 3. The lowest BCUT2D eigenvalue weighted by molar-refractivity contribution is -0.147. The lowest BCUT2D eigenvalue weighted by atomic mass is 9.53. The zero-order chi connectivity index (χ0) is 18.6. The minimum atomic E-state index is 0.0293. The van der Waals surface area contributed by atoms with Crippen LogP contribution < -0.4 is 0 Å². The van der Waals surface area contributed by atoms with Crippen LogP contribution in [0, 0.1) is 23.2 Å². The highest BCUT2D eigenvalue weighted by atomic mass is 16.6. The second-order valence-electron chi connectivity index (χ2n) is 9.96. The summed E-state index contributed by atoms with van der Waals surface area (Å²) >= 11 is 0. The van der Waals surface area contributed by atoms with Crippen LogP contribution in [0.4, 0.5) is 0 Å². The Morgan fingerprint density at radius 1 is 1.19 bits per heavy atom. The Bertz CT molecular complexity index is 587. The van der Waals surface area contributed by atoms with E-state index in [4.69, 9.17) is 14.6 Å². The summed E-state index contributed by atoms with van der Waals surface area (Å²) in [5.74, 6) is 1.03. The molecule has 3 aliphatic heterocycles. The van der Waals surface area contributed by atoms with Crippen LogP contribution in [0.3, 0.4) is 0 Å². The summed E-state index contributed by atoms with van der Waals surface area (Å²) in [6, 6.07) is 0. The number of aliphatic hydroxyl groups excluding tert-OH is 1. The van der Waals surface area contributed by atoms with Gasteiger partial charge in [-0.2, -0.15) is 0 Å². The lowest BCUT2D eigenvalue weighted by Crippen LogP contribution is -2.52. The molecule has 6 nitrogen and oxygen atoms in total. The van der Waals surface area contributed by atoms with E-state index in [0.29, 0.717) is 11.8 Å². The summed E-state index contributed by atoms with van der Waals surface area (Å²) < 4.78 is 11.9. The highest BCUT2D eigenvalue weighted by Gasteiger charge is 2.65. The molecule has 5 rings (SSSR count). The van der Waals surface area contributed by atoms with E-state index in [1.54, 1.807) is 0 Å². The monoisotopic (exact) mass is 378 g/mol. The zero-order valence-electron chi connectivity index (χ0n) is 16.6. The number of carbonyl (C=O) groups is 1. The van der Waals surface area contributed by atoms with Gasteiger partial charge in [0.2, 0.25) is 0 Å². The van der Waals surface area contributed by atoms with E-state index >= 15 is 0 Å². The molecule has 2 aliphatic carbocycles. The molecular formula is C21H34N2O4. The molecule has 1 spiro atoms. The maximum absolute atomic E-state index is 12.7. The molecule has 0 unspecified atom stereocenters. The van der Waals surface area contributed by atoms with Crippen LogP contribution in [0.1, 0.15) is 39.0 Å². The highest BCUT2D eigenvalue weighted by Crippen LogP contribution is 2.62. The van der Waals surface area contributed by atoms with Crippen molar-refractivity contribution < 1.29 is 19.4 Å². The minimum absolute atomic E-state index is 0.0293. The van der Waals surface area contributed by atoms with E-state index < -0.39 is 0 Å². The third-order valence-electron chi connectivity index (χ3n) is 8.42. The summed E-state index contributed by atoms with van der Waals surface area (Å²) in [6.07, 6.45) is 5.95. The van der Waals surface area contributed by atoms with Crippen molar-refractivity contribution in [2.45, 2.75) is 50.7 Å². The van der Waals surface area contributed by atoms with Gasteiger partial charge >= 0.3 is 5.97 Å². The van der Waals surface area contributed by atoms with Crippen molar-refractivity contribution in [2.75, 3.05) is 52.5 Å². The Balaban J connectivity index is 1.26. The van der Waals surface area contributed by atoms with E-state index in [0.717, 1.165) is 58.7 Å². The smallest absolute Gasteiger partial charge is 0.310 e. The number of epoxide rings is 1. The van der Waals surface area contributed by atoms with Gasteiger partial charge in [-0.25, -0.2) is 0 Å². The molecule has 27 heavy (non-hydrogen) atoms. The molecule has 6 heteroatoms. The molecule has 0 bridgehead atoms. The van der Waals surface area contributed by atoms with Gasteiger partial charge in [-0.05, 0) is 43.4 Å². The van der Waals surface area contributed by atoms with Gasteiger partial charge in [0.05, 0.1) is 24.7 Å². The van der Waals surface area contributed by atoms with E-state index in [-0.39, 0.29) is 35.6 Å². The number of carbonyl (C=O) groups excluding carboxylic acids is 1. The van der Waals surface area contributed by atoms with E-state index in [9.17, 15) is 4.79 Å². The first-order chi connectivity index (χ1) is 13.0. The standard InChI is InChI=1S/C21H34N2O4/c1-20-3-2-4-21(14-26-21)18(20)11-15-16(19(25)27-17(15)12-20)13-23-7-5-22(6-8-23)9-10-24/h15-18,24H,2-14H2,1H3/t15-,16+,17-,18+,20-,21+/m1/s1. The van der Waals surface area contributed by atoms with Crippen LogP contribution in [0.25, 0.3) is 0 Å². The Morgan fingerprint density at radius 2 is 1.93 bits per heavy atom. The molecule has 2 saturated carbocycles. The van der Waals surface area contributed by atoms with E-state index in [1.165, 1.54) is 19.3 Å². The van der Waals surface area contributed by atoms with Crippen molar-refractivity contribution >= 4 is 5.97 Å².